The molecule has 0 bridgehead atoms. The van der Waals surface area contributed by atoms with Crippen molar-refractivity contribution < 1.29 is 37.1 Å². The number of esters is 1. The molecule has 0 aliphatic rings. The van der Waals surface area contributed by atoms with Crippen molar-refractivity contribution >= 4 is 44.6 Å². The molecule has 0 fully saturated rings. The van der Waals surface area contributed by atoms with Crippen molar-refractivity contribution in [2.24, 2.45) is 5.84 Å². The maximum Gasteiger partial charge on any atom is 0.432 e. The van der Waals surface area contributed by atoms with E-state index in [1.165, 1.54) is 36.4 Å². The van der Waals surface area contributed by atoms with Crippen LogP contribution in [0.15, 0.2) is 47.4 Å². The zero-order valence-electron chi connectivity index (χ0n) is 22.1. The Morgan fingerprint density at radius 2 is 1.45 bits per heavy atom. The summed E-state index contributed by atoms with van der Waals surface area (Å²) in [5.74, 6) is 3.36. The lowest BCUT2D eigenvalue weighted by Crippen LogP contribution is -2.45. The van der Waals surface area contributed by atoms with Gasteiger partial charge in [-0.15, -0.1) is 0 Å². The van der Waals surface area contributed by atoms with Gasteiger partial charge in [-0.3, -0.25) is 14.4 Å². The first-order valence-electron chi connectivity index (χ1n) is 11.5. The van der Waals surface area contributed by atoms with Gasteiger partial charge in [-0.2, -0.15) is 5.01 Å². The fraction of sp³-hybridized carbons (Fsp3) is 0.417. The minimum atomic E-state index is -4.21. The second-order valence-corrected chi connectivity index (χ2v) is 13.7. The van der Waals surface area contributed by atoms with Gasteiger partial charge in [-0.25, -0.2) is 19.1 Å². The van der Waals surface area contributed by atoms with E-state index in [-0.39, 0.29) is 32.6 Å². The molecule has 0 radical (unpaired) electrons. The molecule has 0 aliphatic carbocycles. The second kappa shape index (κ2) is 12.0. The molecular weight excluding hydrogens is 536 g/mol. The highest BCUT2D eigenvalue weighted by atomic mass is 32.3. The Morgan fingerprint density at radius 1 is 0.895 bits per heavy atom. The van der Waals surface area contributed by atoms with Crippen molar-refractivity contribution in [1.29, 1.82) is 0 Å². The summed E-state index contributed by atoms with van der Waals surface area (Å²) in [5, 5.41) is 2.74. The molecule has 1 aromatic heterocycles. The van der Waals surface area contributed by atoms with E-state index in [0.717, 1.165) is 0 Å². The van der Waals surface area contributed by atoms with Crippen LogP contribution in [0.1, 0.15) is 67.3 Å². The van der Waals surface area contributed by atoms with Crippen molar-refractivity contribution in [3.8, 4) is 0 Å². The number of carbonyl (C=O) groups is 4. The van der Waals surface area contributed by atoms with Crippen molar-refractivity contribution in [3.05, 3.63) is 52.2 Å². The summed E-state index contributed by atoms with van der Waals surface area (Å²) in [5.41, 5.74) is -1.65. The van der Waals surface area contributed by atoms with Crippen LogP contribution < -0.4 is 15.3 Å². The molecule has 208 valence electrons. The van der Waals surface area contributed by atoms with Gasteiger partial charge in [-0.1, -0.05) is 18.2 Å². The third-order valence-corrected chi connectivity index (χ3v) is 8.30. The number of hydrazine groups is 1. The minimum Gasteiger partial charge on any atom is -0.460 e. The van der Waals surface area contributed by atoms with Gasteiger partial charge in [0.05, 0.1) is 11.3 Å². The summed E-state index contributed by atoms with van der Waals surface area (Å²) in [4.78, 5) is 49.9. The quantitative estimate of drug-likeness (QED) is 0.142. The number of thiophene rings is 1. The highest BCUT2D eigenvalue weighted by Crippen LogP contribution is 2.32. The summed E-state index contributed by atoms with van der Waals surface area (Å²) in [6, 6.07) is 9.78. The van der Waals surface area contributed by atoms with Crippen LogP contribution >= 0.6 is 10.7 Å². The van der Waals surface area contributed by atoms with Gasteiger partial charge in [0.1, 0.15) is 21.9 Å². The fourth-order valence-electron chi connectivity index (χ4n) is 2.85. The van der Waals surface area contributed by atoms with Gasteiger partial charge in [-0.05, 0) is 57.8 Å². The van der Waals surface area contributed by atoms with Gasteiger partial charge in [0, 0.05) is 18.7 Å². The number of hydrogen-bond donors (Lipinski definition) is 3. The van der Waals surface area contributed by atoms with Gasteiger partial charge in [0.15, 0.2) is 0 Å². The molecule has 4 N–H and O–H groups in total. The first kappa shape index (κ1) is 30.9. The summed E-state index contributed by atoms with van der Waals surface area (Å²) >= 11 is 0. The number of imide groups is 1. The lowest BCUT2D eigenvalue weighted by molar-refractivity contribution is -0.154. The zero-order valence-corrected chi connectivity index (χ0v) is 23.7. The lowest BCUT2D eigenvalue weighted by atomic mass is 10.2. The number of ether oxygens (including phenoxy) is 2. The molecule has 1 unspecified atom stereocenters. The predicted molar refractivity (Wildman–Crippen MR) is 141 cm³/mol. The number of carbonyl (C=O) groups excluding carboxylic acids is 4. The number of nitrogens with zero attached hydrogens (tertiary/aromatic N) is 1. The van der Waals surface area contributed by atoms with Gasteiger partial charge in [0.2, 0.25) is 0 Å². The van der Waals surface area contributed by atoms with Crippen LogP contribution in [0.5, 0.6) is 0 Å². The van der Waals surface area contributed by atoms with E-state index in [4.69, 9.17) is 15.3 Å². The van der Waals surface area contributed by atoms with Crippen molar-refractivity contribution in [2.75, 3.05) is 10.7 Å². The number of nitrogens with one attached hydrogen (secondary N) is 2. The topological polar surface area (TPSA) is 174 Å². The minimum absolute atomic E-state index is 0.0993. The van der Waals surface area contributed by atoms with Gasteiger partial charge in [0.25, 0.3) is 19.8 Å². The number of hydrogen-bond acceptors (Lipinski definition) is 9. The van der Waals surface area contributed by atoms with E-state index >= 15 is 0 Å². The fourth-order valence-corrected chi connectivity index (χ4v) is 6.52. The Kier molecular flexibility index (Phi) is 9.77. The van der Waals surface area contributed by atoms with Crippen LogP contribution in [0.25, 0.3) is 0 Å². The number of benzene rings is 1. The number of sulfonamides is 1. The molecule has 2 aromatic rings. The largest absolute Gasteiger partial charge is 0.460 e. The number of rotatable bonds is 8. The number of nitrogens with two attached hydrogens (primary N) is 1. The lowest BCUT2D eigenvalue weighted by Gasteiger charge is -2.22. The Bertz CT molecular complexity index is 1290. The average molecular weight is 570 g/mol. The molecule has 0 spiro atoms. The molecule has 3 amide bonds. The van der Waals surface area contributed by atoms with E-state index in [9.17, 15) is 27.6 Å². The van der Waals surface area contributed by atoms with Crippen LogP contribution in [0.2, 0.25) is 0 Å². The monoisotopic (exact) mass is 569 g/mol. The summed E-state index contributed by atoms with van der Waals surface area (Å²) in [6.45, 7) is 9.77. The van der Waals surface area contributed by atoms with Crippen molar-refractivity contribution in [2.45, 2.75) is 64.1 Å². The molecule has 2 rings (SSSR count). The van der Waals surface area contributed by atoms with E-state index in [0.29, 0.717) is 0 Å². The molecule has 1 aromatic carbocycles. The first-order valence-corrected chi connectivity index (χ1v) is 14.2. The molecule has 1 heterocycles. The Labute approximate surface area is 224 Å². The van der Waals surface area contributed by atoms with Crippen molar-refractivity contribution in [3.63, 3.8) is 0 Å². The Morgan fingerprint density at radius 3 is 2.00 bits per heavy atom. The van der Waals surface area contributed by atoms with Gasteiger partial charge < -0.3 is 14.8 Å². The molecule has 0 saturated heterocycles. The highest BCUT2D eigenvalue weighted by molar-refractivity contribution is 7.96. The molecule has 0 saturated carbocycles. The van der Waals surface area contributed by atoms with E-state index in [1.54, 1.807) is 47.6 Å². The van der Waals surface area contributed by atoms with E-state index in [1.807, 2.05) is 0 Å². The Balaban J connectivity index is 2.37. The van der Waals surface area contributed by atoms with Crippen LogP contribution in [-0.2, 0) is 24.3 Å². The maximum atomic E-state index is 13.1. The van der Waals surface area contributed by atoms with Gasteiger partial charge >= 0.3 is 23.9 Å². The van der Waals surface area contributed by atoms with E-state index < -0.39 is 55.8 Å². The van der Waals surface area contributed by atoms with Crippen LogP contribution in [-0.4, -0.2) is 55.1 Å². The third-order valence-electron chi connectivity index (χ3n) is 4.35. The zero-order chi connectivity index (χ0) is 28.9. The smallest absolute Gasteiger partial charge is 0.432 e. The highest BCUT2D eigenvalue weighted by Gasteiger charge is 2.39. The SMILES string of the molecule is CC(C)(C)OC(=O)CCNC(=O)c1ccc(C(=O)N(N)C(=O)OC(C)(C)C)[s+]1NS(=O)(=O)c1ccccc1. The third kappa shape index (κ3) is 8.90. The standard InChI is InChI=1S/C24H32N4O8S2/c1-23(2,3)35-19(29)14-15-26-20(30)17-12-13-18(21(31)28(25)22(32)36-24(4,5)6)37(17)27-38(33,34)16-10-8-7-9-11-16/h7-13,27H,14-15,25H2,1-6H3/p+1. The first-order chi connectivity index (χ1) is 17.4. The van der Waals surface area contributed by atoms with Crippen molar-refractivity contribution in [1.82, 2.24) is 10.3 Å². The van der Waals surface area contributed by atoms with Crippen LogP contribution in [0.3, 0.4) is 0 Å². The second-order valence-electron chi connectivity index (χ2n) is 10.0. The molecule has 0 aliphatic heterocycles. The summed E-state index contributed by atoms with van der Waals surface area (Å²) in [6.07, 6.45) is -1.29. The van der Waals surface area contributed by atoms with E-state index in [2.05, 4.69) is 9.44 Å². The normalized spacial score (nSPS) is 12.4. The molecular formula is C24H33N4O8S2+. The predicted octanol–water partition coefficient (Wildman–Crippen LogP) is 3.08. The molecule has 1 atom stereocenters. The molecule has 14 heteroatoms. The summed E-state index contributed by atoms with van der Waals surface area (Å²) in [7, 11) is -6.05. The molecule has 12 nitrogen and oxygen atoms in total. The summed E-state index contributed by atoms with van der Waals surface area (Å²) < 4.78 is 38.8. The molecule has 38 heavy (non-hydrogen) atoms. The Hall–Kier alpha value is -3.33. The number of amides is 3. The van der Waals surface area contributed by atoms with Crippen LogP contribution in [0.4, 0.5) is 4.79 Å². The maximum absolute atomic E-state index is 13.1. The van der Waals surface area contributed by atoms with Crippen LogP contribution in [0, 0.1) is 0 Å². The average Bonchev–Trinajstić information content (AvgIpc) is 3.19.